The van der Waals surface area contributed by atoms with E-state index < -0.39 is 0 Å². The first kappa shape index (κ1) is 11.4. The monoisotopic (exact) mass is 210 g/mol. The Bertz CT molecular complexity index is 221. The van der Waals surface area contributed by atoms with Gasteiger partial charge in [0, 0.05) is 6.61 Å². The largest absolute Gasteiger partial charge is 0.396 e. The van der Waals surface area contributed by atoms with Crippen molar-refractivity contribution in [3.63, 3.8) is 0 Å². The van der Waals surface area contributed by atoms with Crippen LogP contribution in [-0.2, 0) is 0 Å². The second-order valence-electron chi connectivity index (χ2n) is 6.48. The summed E-state index contributed by atoms with van der Waals surface area (Å²) < 4.78 is 0. The van der Waals surface area contributed by atoms with Crippen molar-refractivity contribution in [2.75, 3.05) is 6.61 Å². The molecule has 2 aliphatic carbocycles. The molecule has 0 aromatic rings. The average molecular weight is 210 g/mol. The number of rotatable bonds is 3. The van der Waals surface area contributed by atoms with Gasteiger partial charge in [-0.2, -0.15) is 0 Å². The second-order valence-corrected chi connectivity index (χ2v) is 6.48. The van der Waals surface area contributed by atoms with Crippen molar-refractivity contribution >= 4 is 0 Å². The molecule has 0 saturated heterocycles. The number of hydrogen-bond donors (Lipinski definition) is 1. The molecule has 2 bridgehead atoms. The fourth-order valence-corrected chi connectivity index (χ4v) is 4.72. The van der Waals surface area contributed by atoms with Gasteiger partial charge in [0.05, 0.1) is 0 Å². The molecule has 0 amide bonds. The van der Waals surface area contributed by atoms with E-state index in [1.54, 1.807) is 0 Å². The van der Waals surface area contributed by atoms with Crippen LogP contribution in [0, 0.1) is 41.4 Å². The minimum atomic E-state index is 0.426. The van der Waals surface area contributed by atoms with Crippen molar-refractivity contribution in [2.24, 2.45) is 41.4 Å². The van der Waals surface area contributed by atoms with Crippen LogP contribution < -0.4 is 0 Å². The van der Waals surface area contributed by atoms with E-state index in [2.05, 4.69) is 27.7 Å². The maximum Gasteiger partial charge on any atom is 0.0462 e. The van der Waals surface area contributed by atoms with Crippen LogP contribution in [0.1, 0.15) is 40.5 Å². The molecule has 0 heterocycles. The molecule has 2 fully saturated rings. The Balaban J connectivity index is 2.17. The molecule has 2 aliphatic rings. The van der Waals surface area contributed by atoms with Crippen molar-refractivity contribution in [1.29, 1.82) is 0 Å². The summed E-state index contributed by atoms with van der Waals surface area (Å²) in [5.41, 5.74) is 0. The highest BCUT2D eigenvalue weighted by molar-refractivity contribution is 5.01. The summed E-state index contributed by atoms with van der Waals surface area (Å²) in [5, 5.41) is 9.41. The number of fused-ring (bicyclic) bond motifs is 2. The zero-order valence-electron chi connectivity index (χ0n) is 10.6. The molecule has 1 heteroatoms. The Morgan fingerprint density at radius 1 is 1.00 bits per heavy atom. The molecule has 1 nitrogen and oxygen atoms in total. The van der Waals surface area contributed by atoms with Gasteiger partial charge in [0.1, 0.15) is 0 Å². The number of aliphatic hydroxyl groups is 1. The minimum absolute atomic E-state index is 0.426. The first-order valence-corrected chi connectivity index (χ1v) is 6.67. The van der Waals surface area contributed by atoms with E-state index in [-0.39, 0.29) is 0 Å². The normalized spacial score (nSPS) is 44.6. The van der Waals surface area contributed by atoms with E-state index in [1.165, 1.54) is 12.8 Å². The molecule has 5 unspecified atom stereocenters. The van der Waals surface area contributed by atoms with Gasteiger partial charge in [0.15, 0.2) is 0 Å². The van der Waals surface area contributed by atoms with E-state index in [4.69, 9.17) is 0 Å². The van der Waals surface area contributed by atoms with Crippen molar-refractivity contribution in [1.82, 2.24) is 0 Å². The number of hydrogen-bond acceptors (Lipinski definition) is 1. The average Bonchev–Trinajstić information content (AvgIpc) is 2.72. The van der Waals surface area contributed by atoms with Gasteiger partial charge in [-0.25, -0.2) is 0 Å². The van der Waals surface area contributed by atoms with Crippen molar-refractivity contribution in [2.45, 2.75) is 40.5 Å². The highest BCUT2D eigenvalue weighted by atomic mass is 16.3. The highest BCUT2D eigenvalue weighted by Crippen LogP contribution is 2.59. The summed E-state index contributed by atoms with van der Waals surface area (Å²) in [6.07, 6.45) is 2.70. The van der Waals surface area contributed by atoms with E-state index in [0.717, 1.165) is 35.5 Å². The predicted octanol–water partition coefficient (Wildman–Crippen LogP) is 3.18. The van der Waals surface area contributed by atoms with Crippen LogP contribution in [0.4, 0.5) is 0 Å². The van der Waals surface area contributed by atoms with Crippen LogP contribution in [-0.4, -0.2) is 11.7 Å². The van der Waals surface area contributed by atoms with E-state index in [0.29, 0.717) is 12.5 Å². The Morgan fingerprint density at radius 3 is 2.07 bits per heavy atom. The van der Waals surface area contributed by atoms with Crippen LogP contribution in [0.15, 0.2) is 0 Å². The molecule has 88 valence electrons. The van der Waals surface area contributed by atoms with Gasteiger partial charge in [0.25, 0.3) is 0 Å². The maximum atomic E-state index is 9.41. The summed E-state index contributed by atoms with van der Waals surface area (Å²) in [6.45, 7) is 9.93. The zero-order chi connectivity index (χ0) is 11.2. The van der Waals surface area contributed by atoms with Gasteiger partial charge >= 0.3 is 0 Å². The Morgan fingerprint density at radius 2 is 1.60 bits per heavy atom. The Kier molecular flexibility index (Phi) is 3.12. The first-order chi connectivity index (χ1) is 7.06. The van der Waals surface area contributed by atoms with Gasteiger partial charge in [-0.15, -0.1) is 0 Å². The van der Waals surface area contributed by atoms with Crippen molar-refractivity contribution < 1.29 is 5.11 Å². The van der Waals surface area contributed by atoms with E-state index >= 15 is 0 Å². The van der Waals surface area contributed by atoms with Crippen LogP contribution in [0.5, 0.6) is 0 Å². The number of aliphatic hydroxyl groups excluding tert-OH is 1. The van der Waals surface area contributed by atoms with Gasteiger partial charge in [-0.3, -0.25) is 0 Å². The first-order valence-electron chi connectivity index (χ1n) is 6.67. The third-order valence-electron chi connectivity index (χ3n) is 5.04. The molecule has 1 N–H and O–H groups in total. The fraction of sp³-hybridized carbons (Fsp3) is 1.00. The lowest BCUT2D eigenvalue weighted by molar-refractivity contribution is 0.0575. The standard InChI is InChI=1S/C14H26O/c1-8(2)13-10-5-11(7-15)12(6-10)14(13)9(3)4/h8-15H,5-7H2,1-4H3. The summed E-state index contributed by atoms with van der Waals surface area (Å²) >= 11 is 0. The van der Waals surface area contributed by atoms with Gasteiger partial charge in [0.2, 0.25) is 0 Å². The van der Waals surface area contributed by atoms with E-state index in [1.807, 2.05) is 0 Å². The SMILES string of the molecule is CC(C)C1C2CC(CO)C(C2)C1C(C)C. The Hall–Kier alpha value is -0.0400. The molecule has 5 atom stereocenters. The van der Waals surface area contributed by atoms with Crippen LogP contribution >= 0.6 is 0 Å². The van der Waals surface area contributed by atoms with Crippen LogP contribution in [0.25, 0.3) is 0 Å². The highest BCUT2D eigenvalue weighted by Gasteiger charge is 2.53. The molecule has 15 heavy (non-hydrogen) atoms. The lowest BCUT2D eigenvalue weighted by Gasteiger charge is -2.40. The summed E-state index contributed by atoms with van der Waals surface area (Å²) in [5.74, 6) is 5.79. The molecular weight excluding hydrogens is 184 g/mol. The smallest absolute Gasteiger partial charge is 0.0462 e. The molecular formula is C14H26O. The van der Waals surface area contributed by atoms with Crippen molar-refractivity contribution in [3.05, 3.63) is 0 Å². The van der Waals surface area contributed by atoms with Gasteiger partial charge in [-0.05, 0) is 54.3 Å². The molecule has 2 rings (SSSR count). The molecule has 0 aromatic heterocycles. The third-order valence-corrected chi connectivity index (χ3v) is 5.04. The second kappa shape index (κ2) is 4.08. The molecule has 0 aliphatic heterocycles. The summed E-state index contributed by atoms with van der Waals surface area (Å²) in [4.78, 5) is 0. The minimum Gasteiger partial charge on any atom is -0.396 e. The Labute approximate surface area is 94.3 Å². The fourth-order valence-electron chi connectivity index (χ4n) is 4.72. The molecule has 0 aromatic carbocycles. The lowest BCUT2D eigenvalue weighted by atomic mass is 9.66. The molecule has 0 spiro atoms. The summed E-state index contributed by atoms with van der Waals surface area (Å²) in [7, 11) is 0. The lowest BCUT2D eigenvalue weighted by Crippen LogP contribution is -2.35. The molecule has 0 radical (unpaired) electrons. The third kappa shape index (κ3) is 1.73. The topological polar surface area (TPSA) is 20.2 Å². The maximum absolute atomic E-state index is 9.41. The van der Waals surface area contributed by atoms with Crippen molar-refractivity contribution in [3.8, 4) is 0 Å². The van der Waals surface area contributed by atoms with Gasteiger partial charge < -0.3 is 5.11 Å². The van der Waals surface area contributed by atoms with E-state index in [9.17, 15) is 5.11 Å². The van der Waals surface area contributed by atoms with Crippen LogP contribution in [0.2, 0.25) is 0 Å². The summed E-state index contributed by atoms with van der Waals surface area (Å²) in [6, 6.07) is 0. The van der Waals surface area contributed by atoms with Crippen LogP contribution in [0.3, 0.4) is 0 Å². The molecule has 2 saturated carbocycles. The van der Waals surface area contributed by atoms with Gasteiger partial charge in [-0.1, -0.05) is 27.7 Å². The zero-order valence-corrected chi connectivity index (χ0v) is 10.6. The quantitative estimate of drug-likeness (QED) is 0.758. The predicted molar refractivity (Wildman–Crippen MR) is 63.4 cm³/mol.